The highest BCUT2D eigenvalue weighted by atomic mass is 16.5. The fourth-order valence-corrected chi connectivity index (χ4v) is 4.27. The number of ketones is 1. The smallest absolute Gasteiger partial charge is 0.251 e. The molecule has 0 radical (unpaired) electrons. The molecule has 7 heteroatoms. The van der Waals surface area contributed by atoms with E-state index in [0.29, 0.717) is 23.4 Å². The minimum absolute atomic E-state index is 0.215. The van der Waals surface area contributed by atoms with Crippen LogP contribution < -0.4 is 10.1 Å². The van der Waals surface area contributed by atoms with Crippen LogP contribution in [0.3, 0.4) is 0 Å². The summed E-state index contributed by atoms with van der Waals surface area (Å²) in [4.78, 5) is 32.3. The van der Waals surface area contributed by atoms with Crippen molar-refractivity contribution in [2.75, 3.05) is 27.2 Å². The Balaban J connectivity index is 1.48. The predicted octanol–water partition coefficient (Wildman–Crippen LogP) is 4.15. The predicted molar refractivity (Wildman–Crippen MR) is 136 cm³/mol. The number of carbonyl (C=O) groups is 2. The molecule has 0 aliphatic carbocycles. The van der Waals surface area contributed by atoms with Crippen molar-refractivity contribution in [1.82, 2.24) is 19.8 Å². The Hall–Kier alpha value is -4.23. The van der Waals surface area contributed by atoms with Gasteiger partial charge in [0.2, 0.25) is 5.78 Å². The molecule has 5 rings (SSSR count). The summed E-state index contributed by atoms with van der Waals surface area (Å²) < 4.78 is 7.86. The Kier molecular flexibility index (Phi) is 5.93. The largest absolute Gasteiger partial charge is 0.452 e. The van der Waals surface area contributed by atoms with E-state index < -0.39 is 0 Å². The van der Waals surface area contributed by atoms with Gasteiger partial charge < -0.3 is 19.5 Å². The summed E-state index contributed by atoms with van der Waals surface area (Å²) >= 11 is 0. The van der Waals surface area contributed by atoms with Gasteiger partial charge in [0.1, 0.15) is 11.4 Å². The molecule has 176 valence electrons. The lowest BCUT2D eigenvalue weighted by Gasteiger charge is -2.10. The molecule has 2 aromatic carbocycles. The number of carbonyl (C=O) groups excluding carboxylic acids is 2. The first-order valence-corrected chi connectivity index (χ1v) is 11.4. The lowest BCUT2D eigenvalue weighted by molar-refractivity contribution is 0.0951. The molecule has 0 atom stereocenters. The Bertz CT molecular complexity index is 1470. The number of rotatable bonds is 6. The van der Waals surface area contributed by atoms with E-state index in [1.807, 2.05) is 61.1 Å². The van der Waals surface area contributed by atoms with Gasteiger partial charge in [-0.2, -0.15) is 0 Å². The molecule has 35 heavy (non-hydrogen) atoms. The van der Waals surface area contributed by atoms with E-state index in [-0.39, 0.29) is 17.4 Å². The molecule has 0 saturated carbocycles. The van der Waals surface area contributed by atoms with E-state index in [0.717, 1.165) is 34.3 Å². The van der Waals surface area contributed by atoms with Gasteiger partial charge in [0.25, 0.3) is 5.91 Å². The fraction of sp³-hybridized carbons (Fsp3) is 0.179. The van der Waals surface area contributed by atoms with Crippen molar-refractivity contribution < 1.29 is 14.3 Å². The molecule has 1 aliphatic heterocycles. The molecule has 0 bridgehead atoms. The van der Waals surface area contributed by atoms with Gasteiger partial charge in [-0.3, -0.25) is 9.59 Å². The molecule has 1 amide bonds. The maximum Gasteiger partial charge on any atom is 0.251 e. The van der Waals surface area contributed by atoms with Crippen molar-refractivity contribution in [2.45, 2.75) is 0 Å². The number of aromatic nitrogens is 2. The van der Waals surface area contributed by atoms with Crippen molar-refractivity contribution >= 4 is 28.8 Å². The highest BCUT2D eigenvalue weighted by Gasteiger charge is 2.29. The van der Waals surface area contributed by atoms with Gasteiger partial charge in [-0.05, 0) is 55.6 Å². The molecular formula is C28H26N4O3. The molecule has 0 saturated heterocycles. The van der Waals surface area contributed by atoms with Gasteiger partial charge in [0, 0.05) is 49.0 Å². The number of ether oxygens (including phenoxy) is 1. The summed E-state index contributed by atoms with van der Waals surface area (Å²) in [6.45, 7) is 1.26. The van der Waals surface area contributed by atoms with E-state index in [1.165, 1.54) is 0 Å². The minimum Gasteiger partial charge on any atom is -0.452 e. The first-order valence-electron chi connectivity index (χ1n) is 11.4. The quantitative estimate of drug-likeness (QED) is 0.432. The van der Waals surface area contributed by atoms with Crippen LogP contribution in [-0.2, 0) is 7.05 Å². The zero-order chi connectivity index (χ0) is 24.5. The van der Waals surface area contributed by atoms with E-state index in [1.54, 1.807) is 30.5 Å². The Labute approximate surface area is 203 Å². The van der Waals surface area contributed by atoms with Crippen molar-refractivity contribution in [2.24, 2.45) is 7.05 Å². The fourth-order valence-electron chi connectivity index (χ4n) is 4.27. The summed E-state index contributed by atoms with van der Waals surface area (Å²) in [5.74, 6) is 0.214. The minimum atomic E-state index is -0.245. The van der Waals surface area contributed by atoms with Crippen LogP contribution in [0.25, 0.3) is 28.2 Å². The van der Waals surface area contributed by atoms with Gasteiger partial charge in [-0.15, -0.1) is 0 Å². The summed E-state index contributed by atoms with van der Waals surface area (Å²) in [6, 6.07) is 17.0. The third kappa shape index (κ3) is 4.34. The monoisotopic (exact) mass is 466 g/mol. The number of aryl methyl sites for hydroxylation is 1. The summed E-state index contributed by atoms with van der Waals surface area (Å²) in [5.41, 5.74) is 4.57. The average Bonchev–Trinajstić information content (AvgIpc) is 3.35. The topological polar surface area (TPSA) is 76.5 Å². The average molecular weight is 467 g/mol. The molecule has 4 aromatic rings. The zero-order valence-corrected chi connectivity index (χ0v) is 19.9. The number of Topliss-reactive ketones (excluding diaryl/α,β-unsaturated/α-hetero) is 1. The zero-order valence-electron chi connectivity index (χ0n) is 19.9. The number of hydrogen-bond donors (Lipinski definition) is 1. The molecule has 3 heterocycles. The number of hydrogen-bond acceptors (Lipinski definition) is 5. The molecule has 0 unspecified atom stereocenters. The first kappa shape index (κ1) is 22.6. The van der Waals surface area contributed by atoms with Crippen molar-refractivity contribution in [3.05, 3.63) is 89.4 Å². The van der Waals surface area contributed by atoms with Crippen molar-refractivity contribution in [1.29, 1.82) is 0 Å². The SMILES string of the molecule is CN(C)CCNC(=O)c1ccc2c(c1)C(=O)/C(=C/c1cn(C)c3nccc(-c4ccccc4)c13)O2. The van der Waals surface area contributed by atoms with E-state index in [9.17, 15) is 9.59 Å². The van der Waals surface area contributed by atoms with Crippen LogP contribution in [0.5, 0.6) is 5.75 Å². The number of pyridine rings is 1. The van der Waals surface area contributed by atoms with Crippen LogP contribution in [0.1, 0.15) is 26.3 Å². The lowest BCUT2D eigenvalue weighted by Crippen LogP contribution is -2.31. The van der Waals surface area contributed by atoms with Crippen LogP contribution >= 0.6 is 0 Å². The summed E-state index contributed by atoms with van der Waals surface area (Å²) in [7, 11) is 5.82. The highest BCUT2D eigenvalue weighted by molar-refractivity contribution is 6.16. The molecular weight excluding hydrogens is 440 g/mol. The standard InChI is InChI=1S/C28H26N4O3/c1-31(2)14-13-30-28(34)19-9-10-23-22(15-19)26(33)24(35-23)16-20-17-32(3)27-25(20)21(11-12-29-27)18-7-5-4-6-8-18/h4-12,15-17H,13-14H2,1-3H3,(H,30,34)/b24-16-. The molecule has 1 N–H and O–H groups in total. The Morgan fingerprint density at radius 2 is 1.91 bits per heavy atom. The van der Waals surface area contributed by atoms with Gasteiger partial charge in [-0.1, -0.05) is 30.3 Å². The second-order valence-corrected chi connectivity index (χ2v) is 8.83. The second-order valence-electron chi connectivity index (χ2n) is 8.83. The normalized spacial score (nSPS) is 13.9. The Morgan fingerprint density at radius 3 is 2.69 bits per heavy atom. The first-order chi connectivity index (χ1) is 16.9. The van der Waals surface area contributed by atoms with Gasteiger partial charge in [-0.25, -0.2) is 4.98 Å². The number of likely N-dealkylation sites (N-methyl/N-ethyl adjacent to an activating group) is 1. The molecule has 0 spiro atoms. The number of fused-ring (bicyclic) bond motifs is 2. The van der Waals surface area contributed by atoms with Crippen molar-refractivity contribution in [3.63, 3.8) is 0 Å². The van der Waals surface area contributed by atoms with Crippen LogP contribution in [-0.4, -0.2) is 53.3 Å². The van der Waals surface area contributed by atoms with Gasteiger partial charge in [0.15, 0.2) is 5.76 Å². The third-order valence-corrected chi connectivity index (χ3v) is 6.03. The van der Waals surface area contributed by atoms with E-state index >= 15 is 0 Å². The number of nitrogens with one attached hydrogen (secondary N) is 1. The number of amides is 1. The van der Waals surface area contributed by atoms with Crippen LogP contribution in [0.2, 0.25) is 0 Å². The maximum absolute atomic E-state index is 13.2. The second kappa shape index (κ2) is 9.19. The van der Waals surface area contributed by atoms with Crippen LogP contribution in [0, 0.1) is 0 Å². The van der Waals surface area contributed by atoms with E-state index in [4.69, 9.17) is 4.74 Å². The third-order valence-electron chi connectivity index (χ3n) is 6.03. The number of benzene rings is 2. The molecule has 0 fully saturated rings. The number of allylic oxidation sites excluding steroid dienone is 1. The summed E-state index contributed by atoms with van der Waals surface area (Å²) in [5, 5.41) is 3.82. The van der Waals surface area contributed by atoms with Crippen LogP contribution in [0.4, 0.5) is 0 Å². The highest BCUT2D eigenvalue weighted by Crippen LogP contribution is 2.36. The Morgan fingerprint density at radius 1 is 1.11 bits per heavy atom. The molecule has 7 nitrogen and oxygen atoms in total. The van der Waals surface area contributed by atoms with E-state index in [2.05, 4.69) is 22.4 Å². The summed E-state index contributed by atoms with van der Waals surface area (Å²) in [6.07, 6.45) is 5.50. The number of nitrogens with zero attached hydrogens (tertiary/aromatic N) is 3. The molecule has 1 aliphatic rings. The van der Waals surface area contributed by atoms with Gasteiger partial charge in [0.05, 0.1) is 5.56 Å². The maximum atomic E-state index is 13.2. The van der Waals surface area contributed by atoms with Gasteiger partial charge >= 0.3 is 0 Å². The lowest BCUT2D eigenvalue weighted by atomic mass is 10.0. The van der Waals surface area contributed by atoms with Crippen molar-refractivity contribution in [3.8, 4) is 16.9 Å². The molecule has 2 aromatic heterocycles. The van der Waals surface area contributed by atoms with Crippen LogP contribution in [0.15, 0.2) is 72.8 Å².